The molecule has 1 unspecified atom stereocenters. The minimum atomic E-state index is -0.933. The van der Waals surface area contributed by atoms with Crippen molar-refractivity contribution in [3.63, 3.8) is 0 Å². The molecule has 0 spiro atoms. The third-order valence-electron chi connectivity index (χ3n) is 7.33. The summed E-state index contributed by atoms with van der Waals surface area (Å²) in [5.41, 5.74) is 11.4. The molecule has 9 nitrogen and oxygen atoms in total. The number of benzene rings is 3. The Kier molecular flexibility index (Phi) is 10.1. The molecule has 1 fully saturated rings. The lowest BCUT2D eigenvalue weighted by atomic mass is 10.0. The molecule has 1 saturated heterocycles. The summed E-state index contributed by atoms with van der Waals surface area (Å²) in [4.78, 5) is 18.2. The van der Waals surface area contributed by atoms with Crippen molar-refractivity contribution >= 4 is 63.9 Å². The molecule has 2 heterocycles. The second-order valence-electron chi connectivity index (χ2n) is 9.74. The van der Waals surface area contributed by atoms with Gasteiger partial charge >= 0.3 is 0 Å². The number of amides is 1. The van der Waals surface area contributed by atoms with Gasteiger partial charge in [0.25, 0.3) is 5.91 Å². The highest BCUT2D eigenvalue weighted by Gasteiger charge is 2.31. The number of rotatable bonds is 7. The van der Waals surface area contributed by atoms with Crippen LogP contribution in [-0.2, 0) is 11.3 Å². The van der Waals surface area contributed by atoms with Crippen LogP contribution in [0.2, 0.25) is 0 Å². The number of carbonyl (C=O) groups is 1. The number of nitrogens with one attached hydrogen (secondary N) is 2. The summed E-state index contributed by atoms with van der Waals surface area (Å²) >= 11 is 0. The number of hydrogen-bond acceptors (Lipinski definition) is 6. The number of aromatic nitrogens is 1. The molecule has 1 amide bonds. The van der Waals surface area contributed by atoms with Crippen LogP contribution in [0.3, 0.4) is 0 Å². The van der Waals surface area contributed by atoms with E-state index in [4.69, 9.17) is 15.5 Å². The predicted molar refractivity (Wildman–Crippen MR) is 157 cm³/mol. The third-order valence-corrected chi connectivity index (χ3v) is 7.33. The van der Waals surface area contributed by atoms with Crippen LogP contribution in [0.15, 0.2) is 60.7 Å². The molecular weight excluding hydrogens is 541 g/mol. The molecule has 1 aliphatic heterocycles. The summed E-state index contributed by atoms with van der Waals surface area (Å²) < 4.78 is 6.37. The third kappa shape index (κ3) is 6.42. The van der Waals surface area contributed by atoms with Crippen molar-refractivity contribution in [2.24, 2.45) is 0 Å². The summed E-state index contributed by atoms with van der Waals surface area (Å²) in [7, 11) is 0. The fraction of sp³-hybridized carbons (Fsp3) is 0.286. The number of halogens is 2. The molecule has 1 atom stereocenters. The molecule has 0 saturated carbocycles. The van der Waals surface area contributed by atoms with Crippen LogP contribution in [0.25, 0.3) is 21.8 Å². The smallest absolute Gasteiger partial charge is 0.253 e. The number of nitrogens with two attached hydrogens (primary N) is 1. The van der Waals surface area contributed by atoms with E-state index in [0.29, 0.717) is 36.5 Å². The predicted octanol–water partition coefficient (Wildman–Crippen LogP) is 3.30. The van der Waals surface area contributed by atoms with Crippen LogP contribution in [-0.4, -0.2) is 60.0 Å². The average molecular weight is 576 g/mol. The second-order valence-corrected chi connectivity index (χ2v) is 9.74. The van der Waals surface area contributed by atoms with Gasteiger partial charge in [0, 0.05) is 28.5 Å². The minimum absolute atomic E-state index is 0. The van der Waals surface area contributed by atoms with Gasteiger partial charge in [0.05, 0.1) is 48.6 Å². The van der Waals surface area contributed by atoms with Gasteiger partial charge in [-0.2, -0.15) is 5.23 Å². The number of quaternary nitrogens is 2. The van der Waals surface area contributed by atoms with E-state index >= 15 is 0 Å². The standard InChI is InChI=1S/C28H31N5O4.2ClH/c1-19-4-2-5-22-25(29)23-6-3-7-24(27(23)31-26(19)22)28(34)30-12-13-33(14-16-37-17-15-33)18-20-8-10-21(11-9-20)32(35)36;;/h2-11,32,35H,12-18H2,1H3,(H2-,29,30,31,34);2*1H/p+1. The molecule has 3 aromatic carbocycles. The van der Waals surface area contributed by atoms with Gasteiger partial charge in [-0.05, 0) is 30.7 Å². The van der Waals surface area contributed by atoms with Gasteiger partial charge in [-0.3, -0.25) is 4.79 Å². The monoisotopic (exact) mass is 574 g/mol. The highest BCUT2D eigenvalue weighted by Crippen LogP contribution is 2.31. The van der Waals surface area contributed by atoms with Gasteiger partial charge in [-0.1, -0.05) is 30.3 Å². The number of anilines is 1. The average Bonchev–Trinajstić information content (AvgIpc) is 2.90. The lowest BCUT2D eigenvalue weighted by Crippen LogP contribution is -2.99. The molecule has 4 aromatic rings. The van der Waals surface area contributed by atoms with Gasteiger partial charge in [-0.15, -0.1) is 24.8 Å². The Hall–Kier alpha value is -3.02. The van der Waals surface area contributed by atoms with Crippen LogP contribution in [0.1, 0.15) is 21.5 Å². The molecule has 208 valence electrons. The summed E-state index contributed by atoms with van der Waals surface area (Å²) in [5.74, 6) is -0.178. The van der Waals surface area contributed by atoms with Crippen molar-refractivity contribution in [1.29, 1.82) is 0 Å². The van der Waals surface area contributed by atoms with E-state index in [2.05, 4.69) is 5.32 Å². The number of nitrogens with zero attached hydrogens (tertiary/aromatic N) is 2. The maximum absolute atomic E-state index is 13.3. The van der Waals surface area contributed by atoms with Gasteiger partial charge in [0.2, 0.25) is 0 Å². The Morgan fingerprint density at radius 1 is 1.05 bits per heavy atom. The first kappa shape index (κ1) is 30.5. The Bertz CT molecular complexity index is 1440. The summed E-state index contributed by atoms with van der Waals surface area (Å²) in [6, 6.07) is 18.5. The van der Waals surface area contributed by atoms with Crippen molar-refractivity contribution in [2.45, 2.75) is 13.5 Å². The first-order valence-corrected chi connectivity index (χ1v) is 12.5. The van der Waals surface area contributed by atoms with Crippen LogP contribution in [0, 0.1) is 12.1 Å². The topological polar surface area (TPSA) is 125 Å². The number of aryl methyl sites for hydroxylation is 1. The number of pyridine rings is 1. The van der Waals surface area contributed by atoms with E-state index in [-0.39, 0.29) is 36.4 Å². The van der Waals surface area contributed by atoms with E-state index in [1.54, 1.807) is 18.2 Å². The molecule has 39 heavy (non-hydrogen) atoms. The molecule has 0 aliphatic carbocycles. The van der Waals surface area contributed by atoms with Gasteiger partial charge in [0.1, 0.15) is 19.6 Å². The molecule has 1 aliphatic rings. The number of morpholine rings is 1. The zero-order valence-electron chi connectivity index (χ0n) is 21.7. The minimum Gasteiger partial charge on any atom is -0.595 e. The molecule has 5 rings (SSSR count). The van der Waals surface area contributed by atoms with Gasteiger partial charge in [-0.25, -0.2) is 10.2 Å². The highest BCUT2D eigenvalue weighted by atomic mass is 35.5. The Labute approximate surface area is 239 Å². The van der Waals surface area contributed by atoms with Crippen molar-refractivity contribution in [3.8, 4) is 0 Å². The molecule has 0 radical (unpaired) electrons. The molecule has 5 N–H and O–H groups in total. The normalized spacial score (nSPS) is 15.3. The summed E-state index contributed by atoms with van der Waals surface area (Å²) in [6.07, 6.45) is 0. The lowest BCUT2D eigenvalue weighted by Gasteiger charge is -2.41. The van der Waals surface area contributed by atoms with E-state index in [0.717, 1.165) is 58.1 Å². The number of hydrogen-bond donors (Lipinski definition) is 4. The lowest BCUT2D eigenvalue weighted by molar-refractivity contribution is -0.991. The number of nitrogen functional groups attached to an aromatic ring is 1. The Morgan fingerprint density at radius 3 is 2.36 bits per heavy atom. The van der Waals surface area contributed by atoms with Gasteiger partial charge in [0.15, 0.2) is 5.69 Å². The molecular formula is C28H34Cl2N5O4+. The molecule has 0 bridgehead atoms. The van der Waals surface area contributed by atoms with Crippen molar-refractivity contribution in [3.05, 3.63) is 82.6 Å². The number of fused-ring (bicyclic) bond motifs is 2. The maximum Gasteiger partial charge on any atom is 0.253 e. The van der Waals surface area contributed by atoms with Crippen LogP contribution in [0.4, 0.5) is 11.4 Å². The maximum atomic E-state index is 13.3. The second kappa shape index (κ2) is 12.9. The summed E-state index contributed by atoms with van der Waals surface area (Å²) in [6.45, 7) is 6.92. The van der Waals surface area contributed by atoms with E-state index in [1.807, 2.05) is 49.4 Å². The fourth-order valence-corrected chi connectivity index (χ4v) is 5.18. The molecule has 11 heteroatoms. The highest BCUT2D eigenvalue weighted by molar-refractivity contribution is 6.13. The van der Waals surface area contributed by atoms with Crippen molar-refractivity contribution < 1.29 is 24.4 Å². The summed E-state index contributed by atoms with van der Waals surface area (Å²) in [5, 5.41) is 24.2. The number of carbonyl (C=O) groups excluding carboxylic acids is 1. The van der Waals surface area contributed by atoms with Crippen LogP contribution < -0.4 is 16.3 Å². The Balaban J connectivity index is 0.00000210. The SMILES string of the molecule is Cc1cccc2c(N)c3cccc(C(=O)NCC[N+]4(Cc5ccc([NH+]([O-])O)cc5)CCOCC4)c3nc12.Cl.Cl. The Morgan fingerprint density at radius 2 is 1.69 bits per heavy atom. The fourth-order valence-electron chi connectivity index (χ4n) is 5.18. The van der Waals surface area contributed by atoms with E-state index < -0.39 is 5.23 Å². The van der Waals surface area contributed by atoms with Crippen molar-refractivity contribution in [1.82, 2.24) is 10.3 Å². The van der Waals surface area contributed by atoms with Crippen molar-refractivity contribution in [2.75, 3.05) is 45.1 Å². The zero-order valence-corrected chi connectivity index (χ0v) is 23.3. The van der Waals surface area contributed by atoms with Gasteiger partial charge < -0.3 is 25.5 Å². The number of ether oxygens (including phenoxy) is 1. The largest absolute Gasteiger partial charge is 0.595 e. The van der Waals surface area contributed by atoms with Crippen LogP contribution in [0.5, 0.6) is 0 Å². The first-order chi connectivity index (χ1) is 17.9. The van der Waals surface area contributed by atoms with E-state index in [9.17, 15) is 15.2 Å². The first-order valence-electron chi connectivity index (χ1n) is 12.5. The van der Waals surface area contributed by atoms with E-state index in [1.165, 1.54) is 0 Å². The molecule has 1 aromatic heterocycles. The number of para-hydroxylation sites is 2. The quantitative estimate of drug-likeness (QED) is 0.152. The van der Waals surface area contributed by atoms with Crippen LogP contribution >= 0.6 is 24.8 Å². The zero-order chi connectivity index (χ0) is 26.0.